The van der Waals surface area contributed by atoms with Crippen LogP contribution in [0.2, 0.25) is 0 Å². The van der Waals surface area contributed by atoms with Gasteiger partial charge in [-0.3, -0.25) is 0 Å². The van der Waals surface area contributed by atoms with Crippen LogP contribution in [0.5, 0.6) is 11.5 Å². The lowest BCUT2D eigenvalue weighted by Crippen LogP contribution is -1.99. The van der Waals surface area contributed by atoms with E-state index in [1.807, 2.05) is 12.1 Å². The molecule has 4 aromatic carbocycles. The molecule has 0 spiro atoms. The molecule has 160 valence electrons. The van der Waals surface area contributed by atoms with Crippen LogP contribution < -0.4 is 4.74 Å². The van der Waals surface area contributed by atoms with Crippen molar-refractivity contribution in [1.29, 1.82) is 0 Å². The van der Waals surface area contributed by atoms with Crippen molar-refractivity contribution in [3.63, 3.8) is 0 Å². The van der Waals surface area contributed by atoms with Gasteiger partial charge in [-0.1, -0.05) is 86.6 Å². The molecule has 1 aromatic heterocycles. The number of hydrogen-bond donors (Lipinski definition) is 0. The number of para-hydroxylation sites is 2. The molecule has 0 saturated carbocycles. The average molecular weight is 428 g/mol. The summed E-state index contributed by atoms with van der Waals surface area (Å²) in [6, 6.07) is 33.9. The number of rotatable bonds is 3. The van der Waals surface area contributed by atoms with Crippen molar-refractivity contribution in [2.75, 3.05) is 0 Å². The molecule has 0 N–H and O–H groups in total. The number of fused-ring (bicyclic) bond motifs is 6. The third-order valence-electron chi connectivity index (χ3n) is 6.33. The standard InChI is InChI=1S/C31H25NO/c1-20(2)18-21-19-28(32-27-15-7-5-10-22(21)27)26-14-9-17-30-31(26)25-13-4-3-11-23(25)24-12-6-8-16-29(24)33-30/h3-17,19-20H,18H2,1-2H3. The summed E-state index contributed by atoms with van der Waals surface area (Å²) >= 11 is 0. The lowest BCUT2D eigenvalue weighted by atomic mass is 9.89. The van der Waals surface area contributed by atoms with Crippen molar-refractivity contribution < 1.29 is 4.74 Å². The van der Waals surface area contributed by atoms with E-state index in [1.165, 1.54) is 22.1 Å². The summed E-state index contributed by atoms with van der Waals surface area (Å²) < 4.78 is 6.50. The van der Waals surface area contributed by atoms with Crippen molar-refractivity contribution >= 4 is 10.9 Å². The fourth-order valence-corrected chi connectivity index (χ4v) is 4.93. The normalized spacial score (nSPS) is 12.0. The van der Waals surface area contributed by atoms with Crippen molar-refractivity contribution in [2.24, 2.45) is 5.92 Å². The topological polar surface area (TPSA) is 22.1 Å². The third kappa shape index (κ3) is 3.39. The highest BCUT2D eigenvalue weighted by Gasteiger charge is 2.24. The number of hydrogen-bond acceptors (Lipinski definition) is 2. The highest BCUT2D eigenvalue weighted by molar-refractivity contribution is 5.98. The molecule has 33 heavy (non-hydrogen) atoms. The Morgan fingerprint density at radius 2 is 1.33 bits per heavy atom. The van der Waals surface area contributed by atoms with Gasteiger partial charge in [0.15, 0.2) is 0 Å². The van der Waals surface area contributed by atoms with Crippen LogP contribution in [0.25, 0.3) is 44.4 Å². The van der Waals surface area contributed by atoms with Gasteiger partial charge in [0.2, 0.25) is 0 Å². The SMILES string of the molecule is CC(C)Cc1cc(-c2cccc3c2-c2ccccc2-c2ccccc2O3)nc2ccccc12. The number of ether oxygens (including phenoxy) is 1. The molecule has 0 amide bonds. The molecule has 0 bridgehead atoms. The molecule has 2 nitrogen and oxygen atoms in total. The fraction of sp³-hybridized carbons (Fsp3) is 0.129. The van der Waals surface area contributed by atoms with E-state index >= 15 is 0 Å². The first-order valence-electron chi connectivity index (χ1n) is 11.6. The Morgan fingerprint density at radius 3 is 2.18 bits per heavy atom. The maximum absolute atomic E-state index is 6.50. The minimum absolute atomic E-state index is 0.565. The van der Waals surface area contributed by atoms with Crippen LogP contribution in [0.15, 0.2) is 97.1 Å². The Balaban J connectivity index is 1.64. The molecule has 1 aliphatic heterocycles. The third-order valence-corrected chi connectivity index (χ3v) is 6.33. The highest BCUT2D eigenvalue weighted by atomic mass is 16.5. The molecule has 2 heteroatoms. The number of aromatic nitrogens is 1. The molecule has 0 saturated heterocycles. The maximum Gasteiger partial charge on any atom is 0.135 e. The molecule has 0 fully saturated rings. The van der Waals surface area contributed by atoms with Crippen LogP contribution >= 0.6 is 0 Å². The van der Waals surface area contributed by atoms with Gasteiger partial charge in [0.25, 0.3) is 0 Å². The minimum Gasteiger partial charge on any atom is -0.456 e. The summed E-state index contributed by atoms with van der Waals surface area (Å²) in [6.07, 6.45) is 1.02. The van der Waals surface area contributed by atoms with Crippen molar-refractivity contribution in [1.82, 2.24) is 4.98 Å². The zero-order valence-electron chi connectivity index (χ0n) is 18.9. The van der Waals surface area contributed by atoms with Crippen LogP contribution in [0, 0.1) is 5.92 Å². The van der Waals surface area contributed by atoms with Crippen molar-refractivity contribution in [2.45, 2.75) is 20.3 Å². The van der Waals surface area contributed by atoms with Gasteiger partial charge in [0, 0.05) is 22.1 Å². The Morgan fingerprint density at radius 1 is 0.667 bits per heavy atom. The Bertz CT molecular complexity index is 1500. The fourth-order valence-electron chi connectivity index (χ4n) is 4.93. The van der Waals surface area contributed by atoms with Crippen LogP contribution in [-0.2, 0) is 6.42 Å². The first kappa shape index (κ1) is 19.8. The molecule has 0 unspecified atom stereocenters. The van der Waals surface area contributed by atoms with Crippen LogP contribution in [0.1, 0.15) is 19.4 Å². The summed E-state index contributed by atoms with van der Waals surface area (Å²) in [4.78, 5) is 5.12. The molecule has 0 atom stereocenters. The van der Waals surface area contributed by atoms with E-state index in [0.29, 0.717) is 5.92 Å². The van der Waals surface area contributed by atoms with Crippen LogP contribution in [-0.4, -0.2) is 4.98 Å². The summed E-state index contributed by atoms with van der Waals surface area (Å²) in [7, 11) is 0. The molecule has 2 heterocycles. The lowest BCUT2D eigenvalue weighted by Gasteiger charge is -2.16. The monoisotopic (exact) mass is 427 g/mol. The minimum atomic E-state index is 0.565. The molecular formula is C31H25NO. The van der Waals surface area contributed by atoms with Gasteiger partial charge in [0.1, 0.15) is 11.5 Å². The first-order valence-corrected chi connectivity index (χ1v) is 11.6. The predicted molar refractivity (Wildman–Crippen MR) is 137 cm³/mol. The Labute approximate surface area is 194 Å². The van der Waals surface area contributed by atoms with Gasteiger partial charge in [-0.05, 0) is 53.3 Å². The second-order valence-electron chi connectivity index (χ2n) is 9.10. The zero-order chi connectivity index (χ0) is 22.4. The molecular weight excluding hydrogens is 402 g/mol. The smallest absolute Gasteiger partial charge is 0.135 e. The van der Waals surface area contributed by atoms with E-state index in [-0.39, 0.29) is 0 Å². The van der Waals surface area contributed by atoms with Gasteiger partial charge in [-0.25, -0.2) is 4.98 Å². The quantitative estimate of drug-likeness (QED) is 0.282. The molecule has 0 radical (unpaired) electrons. The van der Waals surface area contributed by atoms with E-state index in [2.05, 4.69) is 98.8 Å². The molecule has 0 aliphatic carbocycles. The van der Waals surface area contributed by atoms with Crippen LogP contribution in [0.3, 0.4) is 0 Å². The largest absolute Gasteiger partial charge is 0.456 e. The van der Waals surface area contributed by atoms with Gasteiger partial charge >= 0.3 is 0 Å². The van der Waals surface area contributed by atoms with E-state index in [4.69, 9.17) is 9.72 Å². The number of benzene rings is 4. The second kappa shape index (κ2) is 7.90. The zero-order valence-corrected chi connectivity index (χ0v) is 18.9. The first-order chi connectivity index (χ1) is 16.2. The van der Waals surface area contributed by atoms with E-state index in [9.17, 15) is 0 Å². The van der Waals surface area contributed by atoms with Gasteiger partial charge in [-0.2, -0.15) is 0 Å². The van der Waals surface area contributed by atoms with Crippen LogP contribution in [0.4, 0.5) is 0 Å². The van der Waals surface area contributed by atoms with Crippen molar-refractivity contribution in [3.8, 4) is 45.0 Å². The highest BCUT2D eigenvalue weighted by Crippen LogP contribution is 2.49. The number of pyridine rings is 1. The molecule has 6 rings (SSSR count). The maximum atomic E-state index is 6.50. The summed E-state index contributed by atoms with van der Waals surface area (Å²) in [5, 5.41) is 1.24. The summed E-state index contributed by atoms with van der Waals surface area (Å²) in [5.41, 5.74) is 9.04. The molecule has 1 aliphatic rings. The van der Waals surface area contributed by atoms with Gasteiger partial charge in [0.05, 0.1) is 11.2 Å². The lowest BCUT2D eigenvalue weighted by molar-refractivity contribution is 0.488. The van der Waals surface area contributed by atoms with E-state index in [0.717, 1.165) is 45.8 Å². The average Bonchev–Trinajstić information content (AvgIpc) is 2.98. The van der Waals surface area contributed by atoms with E-state index in [1.54, 1.807) is 0 Å². The summed E-state index contributed by atoms with van der Waals surface area (Å²) in [5.74, 6) is 2.31. The Kier molecular flexibility index (Phi) is 4.73. The second-order valence-corrected chi connectivity index (χ2v) is 9.10. The Hall–Kier alpha value is -3.91. The molecule has 5 aromatic rings. The summed E-state index contributed by atoms with van der Waals surface area (Å²) in [6.45, 7) is 4.54. The number of nitrogens with zero attached hydrogens (tertiary/aromatic N) is 1. The van der Waals surface area contributed by atoms with Crippen molar-refractivity contribution in [3.05, 3.63) is 103 Å². The van der Waals surface area contributed by atoms with Gasteiger partial charge in [-0.15, -0.1) is 0 Å². The van der Waals surface area contributed by atoms with Gasteiger partial charge < -0.3 is 4.74 Å². The van der Waals surface area contributed by atoms with E-state index < -0.39 is 0 Å². The predicted octanol–water partition coefficient (Wildman–Crippen LogP) is 8.54.